The molecule has 0 radical (unpaired) electrons. The van der Waals surface area contributed by atoms with E-state index in [1.165, 1.54) is 0 Å². The largest absolute Gasteiger partial charge is 0.379 e. The molecule has 0 bridgehead atoms. The highest BCUT2D eigenvalue weighted by Gasteiger charge is 2.15. The number of amides is 1. The van der Waals surface area contributed by atoms with Crippen molar-refractivity contribution in [1.82, 2.24) is 16.0 Å². The van der Waals surface area contributed by atoms with E-state index < -0.39 is 0 Å². The summed E-state index contributed by atoms with van der Waals surface area (Å²) in [5.74, 6) is 0.699. The van der Waals surface area contributed by atoms with E-state index in [-0.39, 0.29) is 42.0 Å². The Balaban J connectivity index is 0.00000420. The molecule has 0 aliphatic carbocycles. The van der Waals surface area contributed by atoms with E-state index in [1.807, 2.05) is 31.2 Å². The van der Waals surface area contributed by atoms with Crippen LogP contribution in [0.2, 0.25) is 0 Å². The molecule has 8 heteroatoms. The summed E-state index contributed by atoms with van der Waals surface area (Å²) in [5, 5.41) is 9.56. The maximum absolute atomic E-state index is 12.3. The second-order valence-corrected chi connectivity index (χ2v) is 7.05. The van der Waals surface area contributed by atoms with Crippen LogP contribution >= 0.6 is 24.0 Å². The van der Waals surface area contributed by atoms with E-state index in [2.05, 4.69) is 27.9 Å². The van der Waals surface area contributed by atoms with Crippen LogP contribution in [0.25, 0.3) is 0 Å². The van der Waals surface area contributed by atoms with Crippen LogP contribution in [0.1, 0.15) is 49.0 Å². The molecule has 0 spiro atoms. The molecule has 1 saturated heterocycles. The number of halogens is 1. The van der Waals surface area contributed by atoms with Crippen LogP contribution in [0.15, 0.2) is 29.3 Å². The van der Waals surface area contributed by atoms with Crippen molar-refractivity contribution < 1.29 is 14.3 Å². The summed E-state index contributed by atoms with van der Waals surface area (Å²) >= 11 is 0. The SMILES string of the molecule is CCC(C)NC(=O)c1cccc(CNC(=NC)NCCCOC2CCOC2)c1.I. The molecule has 2 unspecified atom stereocenters. The number of guanidine groups is 1. The number of carbonyl (C=O) groups is 1. The van der Waals surface area contributed by atoms with Gasteiger partial charge in [0.15, 0.2) is 5.96 Å². The standard InChI is InChI=1S/C21H34N4O3.HI/c1-4-16(2)25-20(26)18-8-5-7-17(13-18)14-24-21(22-3)23-10-6-11-28-19-9-12-27-15-19;/h5,7-8,13,16,19H,4,6,9-12,14-15H2,1-3H3,(H,25,26)(H2,22,23,24);1H. The highest BCUT2D eigenvalue weighted by molar-refractivity contribution is 14.0. The van der Waals surface area contributed by atoms with Crippen LogP contribution in [-0.4, -0.2) is 57.4 Å². The van der Waals surface area contributed by atoms with E-state index >= 15 is 0 Å². The molecule has 0 aromatic heterocycles. The van der Waals surface area contributed by atoms with Gasteiger partial charge in [0.25, 0.3) is 5.91 Å². The van der Waals surface area contributed by atoms with Crippen molar-refractivity contribution in [2.45, 2.75) is 51.8 Å². The minimum atomic E-state index is -0.0358. The number of nitrogens with one attached hydrogen (secondary N) is 3. The molecular formula is C21H35IN4O3. The van der Waals surface area contributed by atoms with E-state index in [1.54, 1.807) is 7.05 Å². The molecule has 29 heavy (non-hydrogen) atoms. The lowest BCUT2D eigenvalue weighted by molar-refractivity contribution is 0.0420. The average molecular weight is 518 g/mol. The smallest absolute Gasteiger partial charge is 0.251 e. The molecule has 3 N–H and O–H groups in total. The third-order valence-electron chi connectivity index (χ3n) is 4.72. The Kier molecular flexibility index (Phi) is 12.9. The highest BCUT2D eigenvalue weighted by Crippen LogP contribution is 2.08. The van der Waals surface area contributed by atoms with Crippen LogP contribution in [0.4, 0.5) is 0 Å². The number of aliphatic imine (C=N–C) groups is 1. The minimum absolute atomic E-state index is 0. The van der Waals surface area contributed by atoms with Gasteiger partial charge >= 0.3 is 0 Å². The van der Waals surface area contributed by atoms with Crippen LogP contribution < -0.4 is 16.0 Å². The van der Waals surface area contributed by atoms with Crippen LogP contribution in [0.3, 0.4) is 0 Å². The van der Waals surface area contributed by atoms with Crippen molar-refractivity contribution in [3.8, 4) is 0 Å². The lowest BCUT2D eigenvalue weighted by Gasteiger charge is -2.14. The summed E-state index contributed by atoms with van der Waals surface area (Å²) < 4.78 is 11.1. The van der Waals surface area contributed by atoms with Gasteiger partial charge in [-0.25, -0.2) is 0 Å². The topological polar surface area (TPSA) is 84.0 Å². The van der Waals surface area contributed by atoms with Crippen molar-refractivity contribution in [3.05, 3.63) is 35.4 Å². The first-order valence-corrected chi connectivity index (χ1v) is 10.2. The zero-order valence-electron chi connectivity index (χ0n) is 17.7. The third-order valence-corrected chi connectivity index (χ3v) is 4.72. The van der Waals surface area contributed by atoms with E-state index in [0.29, 0.717) is 25.3 Å². The molecule has 2 atom stereocenters. The van der Waals surface area contributed by atoms with Gasteiger partial charge in [0.2, 0.25) is 0 Å². The van der Waals surface area contributed by atoms with Crippen molar-refractivity contribution in [2.24, 2.45) is 4.99 Å². The first kappa shape index (κ1) is 25.6. The quantitative estimate of drug-likeness (QED) is 0.192. The number of hydrogen-bond acceptors (Lipinski definition) is 4. The maximum Gasteiger partial charge on any atom is 0.251 e. The number of ether oxygens (including phenoxy) is 2. The van der Waals surface area contributed by atoms with Gasteiger partial charge in [0.05, 0.1) is 12.7 Å². The molecule has 7 nitrogen and oxygen atoms in total. The number of rotatable bonds is 10. The molecule has 1 fully saturated rings. The Morgan fingerprint density at radius 2 is 2.21 bits per heavy atom. The normalized spacial score (nSPS) is 17.3. The van der Waals surface area contributed by atoms with Gasteiger partial charge in [0.1, 0.15) is 0 Å². The van der Waals surface area contributed by atoms with E-state index in [0.717, 1.165) is 43.9 Å². The van der Waals surface area contributed by atoms with Gasteiger partial charge in [-0.2, -0.15) is 0 Å². The number of nitrogens with zero attached hydrogens (tertiary/aromatic N) is 1. The second-order valence-electron chi connectivity index (χ2n) is 7.05. The average Bonchev–Trinajstić information content (AvgIpc) is 3.23. The minimum Gasteiger partial charge on any atom is -0.379 e. The summed E-state index contributed by atoms with van der Waals surface area (Å²) in [4.78, 5) is 16.5. The Hall–Kier alpha value is -1.39. The van der Waals surface area contributed by atoms with Crippen LogP contribution in [0.5, 0.6) is 0 Å². The fourth-order valence-electron chi connectivity index (χ4n) is 2.81. The summed E-state index contributed by atoms with van der Waals surface area (Å²) in [6.45, 7) is 7.67. The first-order valence-electron chi connectivity index (χ1n) is 10.2. The van der Waals surface area contributed by atoms with Crippen LogP contribution in [0, 0.1) is 0 Å². The monoisotopic (exact) mass is 518 g/mol. The van der Waals surface area contributed by atoms with Gasteiger partial charge in [-0.3, -0.25) is 9.79 Å². The molecule has 1 aromatic rings. The van der Waals surface area contributed by atoms with Crippen molar-refractivity contribution in [1.29, 1.82) is 0 Å². The summed E-state index contributed by atoms with van der Waals surface area (Å²) in [5.41, 5.74) is 1.71. The molecule has 1 heterocycles. The Bertz CT molecular complexity index is 636. The number of carbonyl (C=O) groups excluding carboxylic acids is 1. The summed E-state index contributed by atoms with van der Waals surface area (Å²) in [6.07, 6.45) is 3.06. The summed E-state index contributed by atoms with van der Waals surface area (Å²) in [6, 6.07) is 7.82. The molecule has 1 aromatic carbocycles. The van der Waals surface area contributed by atoms with Gasteiger partial charge < -0.3 is 25.4 Å². The van der Waals surface area contributed by atoms with Gasteiger partial charge in [0, 0.05) is 45.0 Å². The first-order chi connectivity index (χ1) is 13.6. The van der Waals surface area contributed by atoms with Gasteiger partial charge in [-0.05, 0) is 43.9 Å². The van der Waals surface area contributed by atoms with Gasteiger partial charge in [-0.15, -0.1) is 24.0 Å². The zero-order valence-corrected chi connectivity index (χ0v) is 20.0. The third kappa shape index (κ3) is 9.77. The van der Waals surface area contributed by atoms with Crippen molar-refractivity contribution in [3.63, 3.8) is 0 Å². The number of hydrogen-bond donors (Lipinski definition) is 3. The molecule has 2 rings (SSSR count). The predicted molar refractivity (Wildman–Crippen MR) is 127 cm³/mol. The molecule has 1 aliphatic rings. The Labute approximate surface area is 191 Å². The zero-order chi connectivity index (χ0) is 20.2. The molecule has 164 valence electrons. The molecule has 1 amide bonds. The molecule has 1 aliphatic heterocycles. The van der Waals surface area contributed by atoms with Crippen molar-refractivity contribution >= 4 is 35.8 Å². The summed E-state index contributed by atoms with van der Waals surface area (Å²) in [7, 11) is 1.75. The molecular weight excluding hydrogens is 483 g/mol. The van der Waals surface area contributed by atoms with E-state index in [9.17, 15) is 4.79 Å². The van der Waals surface area contributed by atoms with Gasteiger partial charge in [-0.1, -0.05) is 19.1 Å². The Morgan fingerprint density at radius 3 is 2.90 bits per heavy atom. The van der Waals surface area contributed by atoms with Crippen molar-refractivity contribution in [2.75, 3.05) is 33.4 Å². The van der Waals surface area contributed by atoms with Crippen LogP contribution in [-0.2, 0) is 16.0 Å². The maximum atomic E-state index is 12.3. The lowest BCUT2D eigenvalue weighted by Crippen LogP contribution is -2.37. The number of benzene rings is 1. The fraction of sp³-hybridized carbons (Fsp3) is 0.619. The highest BCUT2D eigenvalue weighted by atomic mass is 127. The van der Waals surface area contributed by atoms with E-state index in [4.69, 9.17) is 9.47 Å². The predicted octanol–water partition coefficient (Wildman–Crippen LogP) is 2.69. The molecule has 0 saturated carbocycles. The fourth-order valence-corrected chi connectivity index (χ4v) is 2.81. The second kappa shape index (κ2) is 14.6. The lowest BCUT2D eigenvalue weighted by atomic mass is 10.1. The Morgan fingerprint density at radius 1 is 1.38 bits per heavy atom.